The monoisotopic (exact) mass is 312 g/mol. The summed E-state index contributed by atoms with van der Waals surface area (Å²) in [6.45, 7) is 0. The van der Waals surface area contributed by atoms with Crippen molar-refractivity contribution in [2.75, 3.05) is 5.73 Å². The first kappa shape index (κ1) is 12.7. The number of nitrogens with two attached hydrogens (primary N) is 1. The van der Waals surface area contributed by atoms with E-state index in [0.717, 1.165) is 0 Å². The van der Waals surface area contributed by atoms with Gasteiger partial charge in [-0.3, -0.25) is 4.57 Å². The summed E-state index contributed by atoms with van der Waals surface area (Å²) in [6, 6.07) is 1.67. The van der Waals surface area contributed by atoms with Gasteiger partial charge in [0.05, 0.1) is 11.8 Å². The van der Waals surface area contributed by atoms with Gasteiger partial charge in [0.25, 0.3) is 0 Å². The Morgan fingerprint density at radius 1 is 1.23 bits per heavy atom. The molecule has 0 amide bonds. The second-order valence-electron chi connectivity index (χ2n) is 4.54. The van der Waals surface area contributed by atoms with Crippen molar-refractivity contribution in [2.24, 2.45) is 0 Å². The average molecular weight is 313 g/mol. The number of aromatic nitrogens is 7. The Hall–Kier alpha value is -3.00. The molecule has 9 heteroatoms. The topological polar surface area (TPSA) is 111 Å². The smallest absolute Gasteiger partial charge is 0.167 e. The molecule has 4 heterocycles. The highest BCUT2D eigenvalue weighted by atomic mass is 35.5. The first-order valence-electron chi connectivity index (χ1n) is 6.33. The van der Waals surface area contributed by atoms with E-state index in [1.54, 1.807) is 35.6 Å². The highest BCUT2D eigenvalue weighted by Crippen LogP contribution is 2.25. The van der Waals surface area contributed by atoms with Gasteiger partial charge < -0.3 is 10.7 Å². The summed E-state index contributed by atoms with van der Waals surface area (Å²) in [7, 11) is 0. The van der Waals surface area contributed by atoms with Gasteiger partial charge in [0, 0.05) is 24.7 Å². The number of aromatic amines is 1. The lowest BCUT2D eigenvalue weighted by molar-refractivity contribution is 0.979. The maximum atomic E-state index is 5.91. The van der Waals surface area contributed by atoms with Crippen LogP contribution in [0.3, 0.4) is 0 Å². The molecule has 0 aliphatic carbocycles. The summed E-state index contributed by atoms with van der Waals surface area (Å²) in [5.74, 6) is 1.40. The van der Waals surface area contributed by atoms with Crippen molar-refractivity contribution in [1.29, 1.82) is 0 Å². The Bertz CT molecular complexity index is 960. The standard InChI is InChI=1S/C13H9ClN8/c14-8-5-18-13-11(19-8)7(4-17-13)12-20-9(15)3-10(21-12)22-2-1-16-6-22/h1-6H,(H,17,18)(H2,15,20,21). The molecule has 0 atom stereocenters. The molecule has 4 rings (SSSR count). The minimum Gasteiger partial charge on any atom is -0.384 e. The number of H-pyrrole nitrogens is 1. The quantitative estimate of drug-likeness (QED) is 0.584. The highest BCUT2D eigenvalue weighted by molar-refractivity contribution is 6.29. The Morgan fingerprint density at radius 2 is 2.14 bits per heavy atom. The molecule has 0 unspecified atom stereocenters. The van der Waals surface area contributed by atoms with E-state index in [9.17, 15) is 0 Å². The van der Waals surface area contributed by atoms with Crippen LogP contribution in [0.15, 0.2) is 37.2 Å². The van der Waals surface area contributed by atoms with Gasteiger partial charge in [-0.05, 0) is 0 Å². The molecule has 0 aliphatic heterocycles. The predicted octanol–water partition coefficient (Wildman–Crippen LogP) is 1.84. The third-order valence-electron chi connectivity index (χ3n) is 3.09. The van der Waals surface area contributed by atoms with Gasteiger partial charge >= 0.3 is 0 Å². The number of halogens is 1. The Balaban J connectivity index is 1.93. The summed E-state index contributed by atoms with van der Waals surface area (Å²) >= 11 is 5.91. The van der Waals surface area contributed by atoms with Crippen LogP contribution in [0.4, 0.5) is 5.82 Å². The van der Waals surface area contributed by atoms with Gasteiger partial charge in [-0.15, -0.1) is 0 Å². The molecular weight excluding hydrogens is 304 g/mol. The zero-order valence-electron chi connectivity index (χ0n) is 11.1. The first-order chi connectivity index (χ1) is 10.7. The Morgan fingerprint density at radius 3 is 2.95 bits per heavy atom. The minimum absolute atomic E-state index is 0.298. The Labute approximate surface area is 129 Å². The van der Waals surface area contributed by atoms with Crippen LogP contribution in [0.2, 0.25) is 5.15 Å². The first-order valence-corrected chi connectivity index (χ1v) is 6.71. The van der Waals surface area contributed by atoms with Gasteiger partial charge in [-0.2, -0.15) is 0 Å². The van der Waals surface area contributed by atoms with Crippen molar-refractivity contribution in [3.8, 4) is 17.2 Å². The third-order valence-corrected chi connectivity index (χ3v) is 3.28. The molecule has 0 fully saturated rings. The van der Waals surface area contributed by atoms with Gasteiger partial charge in [0.1, 0.15) is 28.6 Å². The molecule has 8 nitrogen and oxygen atoms in total. The third kappa shape index (κ3) is 2.06. The number of rotatable bonds is 2. The van der Waals surface area contributed by atoms with Gasteiger partial charge in [-0.25, -0.2) is 24.9 Å². The van der Waals surface area contributed by atoms with Crippen LogP contribution in [-0.4, -0.2) is 34.5 Å². The summed E-state index contributed by atoms with van der Waals surface area (Å²) < 4.78 is 1.75. The average Bonchev–Trinajstić information content (AvgIpc) is 3.16. The van der Waals surface area contributed by atoms with Crippen molar-refractivity contribution in [3.63, 3.8) is 0 Å². The molecule has 0 aromatic carbocycles. The molecule has 108 valence electrons. The zero-order valence-corrected chi connectivity index (χ0v) is 11.9. The van der Waals surface area contributed by atoms with E-state index in [2.05, 4.69) is 29.9 Å². The maximum absolute atomic E-state index is 5.91. The van der Waals surface area contributed by atoms with Crippen LogP contribution in [0.5, 0.6) is 0 Å². The second kappa shape index (κ2) is 4.78. The minimum atomic E-state index is 0.298. The lowest BCUT2D eigenvalue weighted by Crippen LogP contribution is -2.02. The molecule has 4 aromatic rings. The highest BCUT2D eigenvalue weighted by Gasteiger charge is 2.14. The SMILES string of the molecule is Nc1cc(-n2ccnc2)nc(-c2c[nH]c3ncc(Cl)nc23)n1. The molecule has 0 saturated heterocycles. The lowest BCUT2D eigenvalue weighted by atomic mass is 10.3. The number of nitrogens with zero attached hydrogens (tertiary/aromatic N) is 6. The molecule has 0 aliphatic rings. The number of fused-ring (bicyclic) bond motifs is 1. The summed E-state index contributed by atoms with van der Waals surface area (Å²) in [6.07, 6.45) is 8.28. The number of anilines is 1. The van der Waals surface area contributed by atoms with Crippen molar-refractivity contribution in [3.05, 3.63) is 42.3 Å². The van der Waals surface area contributed by atoms with Crippen LogP contribution in [0.25, 0.3) is 28.4 Å². The zero-order chi connectivity index (χ0) is 15.1. The molecule has 4 aromatic heterocycles. The summed E-state index contributed by atoms with van der Waals surface area (Å²) in [4.78, 5) is 24.2. The fourth-order valence-corrected chi connectivity index (χ4v) is 2.27. The summed E-state index contributed by atoms with van der Waals surface area (Å²) in [5.41, 5.74) is 7.77. The molecule has 0 bridgehead atoms. The van der Waals surface area contributed by atoms with E-state index < -0.39 is 0 Å². The van der Waals surface area contributed by atoms with Crippen molar-refractivity contribution < 1.29 is 0 Å². The normalized spacial score (nSPS) is 11.1. The van der Waals surface area contributed by atoms with Crippen LogP contribution < -0.4 is 5.73 Å². The molecule has 0 spiro atoms. The van der Waals surface area contributed by atoms with Crippen molar-refractivity contribution in [2.45, 2.75) is 0 Å². The largest absolute Gasteiger partial charge is 0.384 e. The van der Waals surface area contributed by atoms with E-state index in [1.165, 1.54) is 6.20 Å². The lowest BCUT2D eigenvalue weighted by Gasteiger charge is -2.05. The van der Waals surface area contributed by atoms with Gasteiger partial charge in [-0.1, -0.05) is 11.6 Å². The van der Waals surface area contributed by atoms with Crippen LogP contribution in [0, 0.1) is 0 Å². The number of nitrogens with one attached hydrogen (secondary N) is 1. The predicted molar refractivity (Wildman–Crippen MR) is 81.5 cm³/mol. The number of imidazole rings is 1. The fourth-order valence-electron chi connectivity index (χ4n) is 2.14. The van der Waals surface area contributed by atoms with E-state index in [-0.39, 0.29) is 0 Å². The van der Waals surface area contributed by atoms with Crippen molar-refractivity contribution >= 4 is 28.6 Å². The summed E-state index contributed by atoms with van der Waals surface area (Å²) in [5, 5.41) is 0.298. The molecule has 0 saturated carbocycles. The molecular formula is C13H9ClN8. The van der Waals surface area contributed by atoms with Crippen LogP contribution in [0.1, 0.15) is 0 Å². The van der Waals surface area contributed by atoms with E-state index in [0.29, 0.717) is 39.3 Å². The van der Waals surface area contributed by atoms with Crippen LogP contribution in [-0.2, 0) is 0 Å². The van der Waals surface area contributed by atoms with E-state index in [4.69, 9.17) is 17.3 Å². The van der Waals surface area contributed by atoms with E-state index in [1.807, 2.05) is 0 Å². The van der Waals surface area contributed by atoms with Gasteiger partial charge in [0.15, 0.2) is 11.5 Å². The van der Waals surface area contributed by atoms with Crippen molar-refractivity contribution in [1.82, 2.24) is 34.5 Å². The molecule has 22 heavy (non-hydrogen) atoms. The fraction of sp³-hybridized carbons (Fsp3) is 0. The molecule has 0 radical (unpaired) electrons. The van der Waals surface area contributed by atoms with Gasteiger partial charge in [0.2, 0.25) is 0 Å². The molecule has 3 N–H and O–H groups in total. The number of hydrogen-bond donors (Lipinski definition) is 2. The van der Waals surface area contributed by atoms with Crippen LogP contribution >= 0.6 is 11.6 Å². The number of nitrogen functional groups attached to an aromatic ring is 1. The number of hydrogen-bond acceptors (Lipinski definition) is 6. The second-order valence-corrected chi connectivity index (χ2v) is 4.92. The van der Waals surface area contributed by atoms with E-state index >= 15 is 0 Å². The Kier molecular flexibility index (Phi) is 2.76. The maximum Gasteiger partial charge on any atom is 0.167 e.